The van der Waals surface area contributed by atoms with E-state index < -0.39 is 0 Å². The van der Waals surface area contributed by atoms with Crippen molar-refractivity contribution in [1.82, 2.24) is 0 Å². The molecule has 5 heteroatoms. The number of ketones is 1. The van der Waals surface area contributed by atoms with Crippen LogP contribution in [0.5, 0.6) is 11.5 Å². The molecule has 0 bridgehead atoms. The van der Waals surface area contributed by atoms with Crippen molar-refractivity contribution in [2.75, 3.05) is 12.4 Å². The van der Waals surface area contributed by atoms with Gasteiger partial charge in [0.2, 0.25) is 0 Å². The lowest BCUT2D eigenvalue weighted by atomic mass is 10.0. The molecule has 1 saturated heterocycles. The maximum Gasteiger partial charge on any atom is 0.185 e. The smallest absolute Gasteiger partial charge is 0.185 e. The summed E-state index contributed by atoms with van der Waals surface area (Å²) >= 11 is 0. The first-order chi connectivity index (χ1) is 14.5. The van der Waals surface area contributed by atoms with E-state index in [4.69, 9.17) is 4.74 Å². The molecule has 0 amide bonds. The standard InChI is InChI=1S/C25H30O3S2/c1-18-16-20(17-19(2)25(18)27)7-12-24(26)21-8-10-22(11-9-21)28-14-5-3-4-6-23-13-15-29-30-23/h7-12,16-17,23,27H,3-6,13-15H2,1-2H3/b12-7+. The Kier molecular flexibility index (Phi) is 8.76. The van der Waals surface area contributed by atoms with Gasteiger partial charge in [-0.05, 0) is 92.3 Å². The van der Waals surface area contributed by atoms with Gasteiger partial charge in [-0.2, -0.15) is 0 Å². The number of ether oxygens (including phenoxy) is 1. The molecule has 1 N–H and O–H groups in total. The molecule has 1 atom stereocenters. The van der Waals surface area contributed by atoms with Crippen molar-refractivity contribution in [2.45, 2.75) is 51.2 Å². The second-order valence-electron chi connectivity index (χ2n) is 7.75. The largest absolute Gasteiger partial charge is 0.507 e. The van der Waals surface area contributed by atoms with E-state index in [1.165, 1.54) is 31.4 Å². The highest BCUT2D eigenvalue weighted by molar-refractivity contribution is 8.77. The van der Waals surface area contributed by atoms with Crippen LogP contribution in [0.2, 0.25) is 0 Å². The number of unbranched alkanes of at least 4 members (excludes halogenated alkanes) is 2. The lowest BCUT2D eigenvalue weighted by Crippen LogP contribution is -2.00. The molecule has 0 aliphatic carbocycles. The van der Waals surface area contributed by atoms with Gasteiger partial charge in [0, 0.05) is 16.6 Å². The molecule has 1 unspecified atom stereocenters. The zero-order valence-electron chi connectivity index (χ0n) is 17.7. The molecule has 1 aliphatic rings. The van der Waals surface area contributed by atoms with Crippen LogP contribution in [0.4, 0.5) is 0 Å². The Hall–Kier alpha value is -1.85. The van der Waals surface area contributed by atoms with Gasteiger partial charge in [0.05, 0.1) is 6.61 Å². The van der Waals surface area contributed by atoms with Gasteiger partial charge < -0.3 is 9.84 Å². The minimum Gasteiger partial charge on any atom is -0.507 e. The van der Waals surface area contributed by atoms with Crippen LogP contribution in [0, 0.1) is 13.8 Å². The van der Waals surface area contributed by atoms with E-state index >= 15 is 0 Å². The second-order valence-corrected chi connectivity index (χ2v) is 10.5. The number of allylic oxidation sites excluding steroid dienone is 1. The molecule has 0 spiro atoms. The van der Waals surface area contributed by atoms with Crippen LogP contribution in [-0.2, 0) is 0 Å². The normalized spacial score (nSPS) is 16.3. The number of rotatable bonds is 10. The summed E-state index contributed by atoms with van der Waals surface area (Å²) in [4.78, 5) is 12.4. The fourth-order valence-corrected chi connectivity index (χ4v) is 6.50. The van der Waals surface area contributed by atoms with E-state index in [1.54, 1.807) is 12.2 Å². The Morgan fingerprint density at radius 1 is 1.13 bits per heavy atom. The average molecular weight is 443 g/mol. The topological polar surface area (TPSA) is 46.5 Å². The summed E-state index contributed by atoms with van der Waals surface area (Å²) in [5.74, 6) is 2.38. The summed E-state index contributed by atoms with van der Waals surface area (Å²) in [6.45, 7) is 4.43. The van der Waals surface area contributed by atoms with E-state index in [1.807, 2.05) is 61.0 Å². The lowest BCUT2D eigenvalue weighted by Gasteiger charge is -2.08. The van der Waals surface area contributed by atoms with Crippen molar-refractivity contribution < 1.29 is 14.6 Å². The molecule has 0 radical (unpaired) electrons. The first kappa shape index (κ1) is 22.8. The van der Waals surface area contributed by atoms with Crippen molar-refractivity contribution in [3.8, 4) is 11.5 Å². The summed E-state index contributed by atoms with van der Waals surface area (Å²) in [6, 6.07) is 11.1. The van der Waals surface area contributed by atoms with E-state index in [-0.39, 0.29) is 5.78 Å². The maximum absolute atomic E-state index is 12.4. The first-order valence-electron chi connectivity index (χ1n) is 10.6. The number of phenols is 1. The van der Waals surface area contributed by atoms with Crippen molar-refractivity contribution in [3.05, 3.63) is 64.7 Å². The van der Waals surface area contributed by atoms with Crippen molar-refractivity contribution >= 4 is 33.4 Å². The van der Waals surface area contributed by atoms with Crippen molar-refractivity contribution in [3.63, 3.8) is 0 Å². The average Bonchev–Trinajstić information content (AvgIpc) is 3.26. The van der Waals surface area contributed by atoms with Crippen LogP contribution in [0.15, 0.2) is 42.5 Å². The zero-order chi connectivity index (χ0) is 21.3. The number of carbonyl (C=O) groups is 1. The van der Waals surface area contributed by atoms with E-state index in [2.05, 4.69) is 10.8 Å². The molecule has 1 aliphatic heterocycles. The monoisotopic (exact) mass is 442 g/mol. The Bertz CT molecular complexity index is 845. The number of hydrogen-bond donors (Lipinski definition) is 1. The summed E-state index contributed by atoms with van der Waals surface area (Å²) in [7, 11) is 4.06. The molecule has 3 rings (SSSR count). The van der Waals surface area contributed by atoms with Gasteiger partial charge in [0.1, 0.15) is 11.5 Å². The summed E-state index contributed by atoms with van der Waals surface area (Å²) < 4.78 is 5.82. The van der Waals surface area contributed by atoms with Gasteiger partial charge in [-0.1, -0.05) is 40.5 Å². The first-order valence-corrected chi connectivity index (χ1v) is 12.9. The highest BCUT2D eigenvalue weighted by Crippen LogP contribution is 2.39. The van der Waals surface area contributed by atoms with E-state index in [9.17, 15) is 9.90 Å². The number of hydrogen-bond acceptors (Lipinski definition) is 5. The zero-order valence-corrected chi connectivity index (χ0v) is 19.4. The molecule has 2 aromatic rings. The molecule has 0 saturated carbocycles. The summed E-state index contributed by atoms with van der Waals surface area (Å²) in [6.07, 6.45) is 9.60. The molecule has 3 nitrogen and oxygen atoms in total. The molecule has 0 aromatic heterocycles. The molecule has 1 heterocycles. The Balaban J connectivity index is 1.41. The van der Waals surface area contributed by atoms with Crippen LogP contribution in [0.1, 0.15) is 59.2 Å². The summed E-state index contributed by atoms with van der Waals surface area (Å²) in [5.41, 5.74) is 3.15. The van der Waals surface area contributed by atoms with E-state index in [0.29, 0.717) is 11.3 Å². The van der Waals surface area contributed by atoms with Gasteiger partial charge in [0.15, 0.2) is 5.78 Å². The van der Waals surface area contributed by atoms with Gasteiger partial charge >= 0.3 is 0 Å². The fourth-order valence-electron chi connectivity index (χ4n) is 3.47. The molecule has 2 aromatic carbocycles. The molecule has 160 valence electrons. The Morgan fingerprint density at radius 3 is 2.53 bits per heavy atom. The Morgan fingerprint density at radius 2 is 1.87 bits per heavy atom. The number of aromatic hydroxyl groups is 1. The van der Waals surface area contributed by atoms with Crippen LogP contribution < -0.4 is 4.74 Å². The molecule has 30 heavy (non-hydrogen) atoms. The van der Waals surface area contributed by atoms with Gasteiger partial charge in [-0.3, -0.25) is 4.79 Å². The SMILES string of the molecule is Cc1cc(/C=C/C(=O)c2ccc(OCCCCCC3CCSS3)cc2)cc(C)c1O. The van der Waals surface area contributed by atoms with Crippen molar-refractivity contribution in [2.24, 2.45) is 0 Å². The van der Waals surface area contributed by atoms with Gasteiger partial charge in [-0.15, -0.1) is 0 Å². The highest BCUT2D eigenvalue weighted by Gasteiger charge is 2.15. The molecular formula is C25H30O3S2. The third-order valence-corrected chi connectivity index (χ3v) is 8.25. The third-order valence-electron chi connectivity index (χ3n) is 5.25. The minimum atomic E-state index is -0.0483. The number of benzene rings is 2. The van der Waals surface area contributed by atoms with E-state index in [0.717, 1.165) is 40.7 Å². The van der Waals surface area contributed by atoms with Crippen LogP contribution in [0.3, 0.4) is 0 Å². The maximum atomic E-state index is 12.4. The van der Waals surface area contributed by atoms with Crippen molar-refractivity contribution in [1.29, 1.82) is 0 Å². The quantitative estimate of drug-likeness (QED) is 0.186. The van der Waals surface area contributed by atoms with Crippen LogP contribution >= 0.6 is 21.6 Å². The van der Waals surface area contributed by atoms with Crippen LogP contribution in [-0.4, -0.2) is 28.5 Å². The highest BCUT2D eigenvalue weighted by atomic mass is 33.1. The predicted molar refractivity (Wildman–Crippen MR) is 130 cm³/mol. The molecular weight excluding hydrogens is 412 g/mol. The third kappa shape index (κ3) is 6.85. The number of phenolic OH excluding ortho intramolecular Hbond substituents is 1. The van der Waals surface area contributed by atoms with Crippen LogP contribution in [0.25, 0.3) is 6.08 Å². The minimum absolute atomic E-state index is 0.0483. The lowest BCUT2D eigenvalue weighted by molar-refractivity contribution is 0.104. The van der Waals surface area contributed by atoms with Gasteiger partial charge in [-0.25, -0.2) is 0 Å². The predicted octanol–water partition coefficient (Wildman–Crippen LogP) is 7.00. The van der Waals surface area contributed by atoms with Gasteiger partial charge in [0.25, 0.3) is 0 Å². The Labute approximate surface area is 187 Å². The molecule has 1 fully saturated rings. The fraction of sp³-hybridized carbons (Fsp3) is 0.400. The number of carbonyl (C=O) groups excluding carboxylic acids is 1. The number of aryl methyl sites for hydroxylation is 2. The summed E-state index contributed by atoms with van der Waals surface area (Å²) in [5, 5.41) is 10.7. The second kappa shape index (κ2) is 11.5.